The van der Waals surface area contributed by atoms with Crippen LogP contribution in [0.15, 0.2) is 37.2 Å². The summed E-state index contributed by atoms with van der Waals surface area (Å²) in [5.41, 5.74) is -1.11. The van der Waals surface area contributed by atoms with Gasteiger partial charge in [0.15, 0.2) is 4.58 Å². The molecule has 0 radical (unpaired) electrons. The molecule has 1 aromatic carbocycles. The molecule has 1 aliphatic heterocycles. The van der Waals surface area contributed by atoms with E-state index in [0.717, 1.165) is 17.5 Å². The smallest absolute Gasteiger partial charge is 0.253 e. The molecule has 3 rings (SSSR count). The minimum Gasteiger partial charge on any atom is -0.464 e. The number of nitrogens with zero attached hydrogens (tertiary/aromatic N) is 1. The Bertz CT molecular complexity index is 1140. The van der Waals surface area contributed by atoms with E-state index in [1.54, 1.807) is 19.9 Å². The molecule has 11 heteroatoms. The maximum Gasteiger partial charge on any atom is 0.253 e. The number of aliphatic hydroxyl groups excluding tert-OH is 1. The summed E-state index contributed by atoms with van der Waals surface area (Å²) in [4.78, 5) is 24.4. The quantitative estimate of drug-likeness (QED) is 0.448. The Morgan fingerprint density at radius 2 is 1.81 bits per heavy atom. The molecule has 31 heavy (non-hydrogen) atoms. The number of thioether (sulfide) groups is 1. The highest BCUT2D eigenvalue weighted by Gasteiger charge is 2.42. The Balaban J connectivity index is 1.78. The molecular weight excluding hydrogens is 442 g/mol. The standard InChI is InChI=1S/C20H27N3O6S2/c1-5-12(14-9-8-11(4)29-14)21-15-16(19(26)18(15)25)22-13-10-30-20(17(13)24)31(27,28)23(6-2)7-3/h8-10,12,17,20-22,24H,5-7H2,1-4H3/t12-,17?,20?/m1/s1. The Kier molecular flexibility index (Phi) is 6.99. The molecule has 1 aliphatic rings. The van der Waals surface area contributed by atoms with E-state index in [2.05, 4.69) is 10.6 Å². The lowest BCUT2D eigenvalue weighted by molar-refractivity contribution is 0.227. The molecule has 0 spiro atoms. The van der Waals surface area contributed by atoms with E-state index in [9.17, 15) is 23.1 Å². The van der Waals surface area contributed by atoms with Crippen LogP contribution < -0.4 is 21.5 Å². The normalized spacial score (nSPS) is 20.3. The fraction of sp³-hybridized carbons (Fsp3) is 0.500. The zero-order valence-corrected chi connectivity index (χ0v) is 19.5. The van der Waals surface area contributed by atoms with E-state index >= 15 is 0 Å². The van der Waals surface area contributed by atoms with E-state index in [1.807, 2.05) is 19.9 Å². The van der Waals surface area contributed by atoms with Crippen LogP contribution in [0.2, 0.25) is 0 Å². The number of aryl methyl sites for hydroxylation is 1. The van der Waals surface area contributed by atoms with Gasteiger partial charge in [-0.3, -0.25) is 9.59 Å². The first kappa shape index (κ1) is 23.6. The number of furan rings is 1. The molecule has 0 amide bonds. The van der Waals surface area contributed by atoms with Crippen molar-refractivity contribution in [3.8, 4) is 0 Å². The number of rotatable bonds is 10. The summed E-state index contributed by atoms with van der Waals surface area (Å²) in [6.07, 6.45) is -0.751. The highest BCUT2D eigenvalue weighted by molar-refractivity contribution is 8.14. The third-order valence-corrected chi connectivity index (χ3v) is 9.34. The summed E-state index contributed by atoms with van der Waals surface area (Å²) in [6, 6.07) is 3.30. The van der Waals surface area contributed by atoms with Gasteiger partial charge in [0.1, 0.15) is 29.0 Å². The Morgan fingerprint density at radius 1 is 1.16 bits per heavy atom. The minimum atomic E-state index is -3.74. The lowest BCUT2D eigenvalue weighted by Gasteiger charge is -2.26. The van der Waals surface area contributed by atoms with Crippen LogP contribution in [0.5, 0.6) is 0 Å². The molecule has 0 fully saturated rings. The van der Waals surface area contributed by atoms with Crippen LogP contribution in [-0.2, 0) is 10.0 Å². The molecule has 2 heterocycles. The molecule has 0 aliphatic carbocycles. The fourth-order valence-corrected chi connectivity index (χ4v) is 6.83. The van der Waals surface area contributed by atoms with Gasteiger partial charge >= 0.3 is 0 Å². The number of sulfonamides is 1. The molecule has 2 unspecified atom stereocenters. The summed E-state index contributed by atoms with van der Waals surface area (Å²) in [5, 5.41) is 17.9. The van der Waals surface area contributed by atoms with Gasteiger partial charge in [0.2, 0.25) is 10.0 Å². The zero-order valence-electron chi connectivity index (χ0n) is 17.8. The molecule has 1 aromatic heterocycles. The van der Waals surface area contributed by atoms with Crippen LogP contribution in [0.1, 0.15) is 44.8 Å². The first-order valence-electron chi connectivity index (χ1n) is 10.1. The van der Waals surface area contributed by atoms with Crippen molar-refractivity contribution in [2.24, 2.45) is 0 Å². The topological polar surface area (TPSA) is 129 Å². The van der Waals surface area contributed by atoms with Gasteiger partial charge in [-0.05, 0) is 30.9 Å². The number of nitrogens with one attached hydrogen (secondary N) is 2. The molecule has 2 aromatic rings. The third kappa shape index (κ3) is 4.32. The second-order valence-electron chi connectivity index (χ2n) is 7.24. The lowest BCUT2D eigenvalue weighted by Crippen LogP contribution is -2.43. The molecule has 0 saturated heterocycles. The predicted octanol–water partition coefficient (Wildman–Crippen LogP) is 2.11. The number of anilines is 2. The highest BCUT2D eigenvalue weighted by atomic mass is 32.3. The number of hydrogen-bond acceptors (Lipinski definition) is 9. The van der Waals surface area contributed by atoms with Crippen LogP contribution >= 0.6 is 11.8 Å². The molecule has 0 saturated carbocycles. The van der Waals surface area contributed by atoms with E-state index in [4.69, 9.17) is 4.42 Å². The monoisotopic (exact) mass is 469 g/mol. The van der Waals surface area contributed by atoms with Crippen LogP contribution in [0.4, 0.5) is 11.4 Å². The summed E-state index contributed by atoms with van der Waals surface area (Å²) in [5.74, 6) is 1.37. The van der Waals surface area contributed by atoms with Crippen molar-refractivity contribution < 1.29 is 17.9 Å². The molecular formula is C20H27N3O6S2. The van der Waals surface area contributed by atoms with Gasteiger partial charge in [-0.25, -0.2) is 12.7 Å². The average molecular weight is 470 g/mol. The van der Waals surface area contributed by atoms with Crippen LogP contribution in [0.3, 0.4) is 0 Å². The minimum absolute atomic E-state index is 0.0125. The van der Waals surface area contributed by atoms with Crippen molar-refractivity contribution in [2.45, 2.75) is 50.8 Å². The summed E-state index contributed by atoms with van der Waals surface area (Å²) in [7, 11) is -3.74. The van der Waals surface area contributed by atoms with Crippen molar-refractivity contribution in [2.75, 3.05) is 23.7 Å². The number of aliphatic hydroxyl groups is 1. The maximum absolute atomic E-state index is 12.8. The predicted molar refractivity (Wildman–Crippen MR) is 122 cm³/mol. The summed E-state index contributed by atoms with van der Waals surface area (Å²) in [6.45, 7) is 7.77. The largest absolute Gasteiger partial charge is 0.464 e. The van der Waals surface area contributed by atoms with E-state index in [1.165, 1.54) is 9.71 Å². The van der Waals surface area contributed by atoms with Crippen molar-refractivity contribution in [1.82, 2.24) is 4.31 Å². The van der Waals surface area contributed by atoms with E-state index < -0.39 is 31.6 Å². The van der Waals surface area contributed by atoms with Crippen LogP contribution in [0, 0.1) is 6.92 Å². The number of hydrogen-bond donors (Lipinski definition) is 3. The summed E-state index contributed by atoms with van der Waals surface area (Å²) < 4.78 is 31.3. The van der Waals surface area contributed by atoms with Crippen molar-refractivity contribution in [1.29, 1.82) is 0 Å². The Labute approximate surface area is 185 Å². The summed E-state index contributed by atoms with van der Waals surface area (Å²) >= 11 is 0.964. The van der Waals surface area contributed by atoms with E-state index in [0.29, 0.717) is 25.3 Å². The van der Waals surface area contributed by atoms with Crippen molar-refractivity contribution in [3.05, 3.63) is 55.2 Å². The highest BCUT2D eigenvalue weighted by Crippen LogP contribution is 2.37. The van der Waals surface area contributed by atoms with Gasteiger partial charge < -0.3 is 20.2 Å². The first-order valence-corrected chi connectivity index (χ1v) is 12.6. The third-order valence-electron chi connectivity index (χ3n) is 5.28. The van der Waals surface area contributed by atoms with Gasteiger partial charge in [0.25, 0.3) is 10.9 Å². The Morgan fingerprint density at radius 3 is 2.35 bits per heavy atom. The Hall–Kier alpha value is -2.08. The molecule has 0 bridgehead atoms. The molecule has 3 N–H and O–H groups in total. The lowest BCUT2D eigenvalue weighted by atomic mass is 10.1. The SMILES string of the molecule is CC[C@@H](Nc1c(NC2=CSC(S(=O)(=O)N(CC)CC)C2O)c(=O)c1=O)c1ccc(C)o1. The second-order valence-corrected chi connectivity index (χ2v) is 10.6. The van der Waals surface area contributed by atoms with E-state index in [-0.39, 0.29) is 23.1 Å². The molecule has 170 valence electrons. The van der Waals surface area contributed by atoms with Crippen LogP contribution in [0.25, 0.3) is 0 Å². The second kappa shape index (κ2) is 9.19. The zero-order chi connectivity index (χ0) is 22.9. The van der Waals surface area contributed by atoms with Gasteiger partial charge in [-0.15, -0.1) is 11.8 Å². The average Bonchev–Trinajstić information content (AvgIpc) is 3.33. The van der Waals surface area contributed by atoms with Gasteiger partial charge in [-0.1, -0.05) is 20.8 Å². The molecule has 3 atom stereocenters. The first-order chi connectivity index (χ1) is 14.6. The fourth-order valence-electron chi connectivity index (χ4n) is 3.48. The molecule has 9 nitrogen and oxygen atoms in total. The van der Waals surface area contributed by atoms with Gasteiger partial charge in [0.05, 0.1) is 11.7 Å². The van der Waals surface area contributed by atoms with Gasteiger partial charge in [0, 0.05) is 13.1 Å². The van der Waals surface area contributed by atoms with Crippen molar-refractivity contribution in [3.63, 3.8) is 0 Å². The van der Waals surface area contributed by atoms with Crippen molar-refractivity contribution >= 4 is 33.2 Å². The maximum atomic E-state index is 12.8. The van der Waals surface area contributed by atoms with Crippen LogP contribution in [-0.4, -0.2) is 41.6 Å². The van der Waals surface area contributed by atoms with Gasteiger partial charge in [-0.2, -0.15) is 0 Å².